The third-order valence-electron chi connectivity index (χ3n) is 0.587. The molecule has 0 N–H and O–H groups in total. The Morgan fingerprint density at radius 2 is 1.89 bits per heavy atom. The molecule has 0 aliphatic rings. The van der Waals surface area contributed by atoms with Crippen LogP contribution < -0.4 is 0 Å². The predicted molar refractivity (Wildman–Crippen MR) is 36.7 cm³/mol. The van der Waals surface area contributed by atoms with E-state index in [1.807, 2.05) is 30.3 Å². The van der Waals surface area contributed by atoms with E-state index in [1.54, 1.807) is 4.27 Å². The number of hydrogen-bond acceptors (Lipinski definition) is 1. The molecule has 0 saturated heterocycles. The van der Waals surface area contributed by atoms with Gasteiger partial charge < -0.3 is 0 Å². The van der Waals surface area contributed by atoms with E-state index in [-0.39, 0.29) is 0 Å². The average molecular weight is 269 g/mol. The Morgan fingerprint density at radius 3 is 2.00 bits per heavy atom. The zero-order valence-electron chi connectivity index (χ0n) is 4.58. The minimum atomic E-state index is -0.511. The summed E-state index contributed by atoms with van der Waals surface area (Å²) in [5.74, 6) is 0. The van der Waals surface area contributed by atoms with E-state index in [0.29, 0.717) is 0 Å². The zero-order chi connectivity index (χ0) is 6.95. The zero-order valence-corrected chi connectivity index (χ0v) is 8.17. The second-order valence-electron chi connectivity index (χ2n) is 1.12. The minimum absolute atomic E-state index is 0.511. The Hall–Kier alpha value is 0.0983. The van der Waals surface area contributed by atoms with Crippen molar-refractivity contribution in [2.45, 2.75) is 0 Å². The number of rotatable bonds is 0. The summed E-state index contributed by atoms with van der Waals surface area (Å²) in [7, 11) is 0. The summed E-state index contributed by atoms with van der Waals surface area (Å²) in [4.78, 5) is 9.06. The normalized spacial score (nSPS) is 6.33. The molecule has 0 aliphatic heterocycles. The smallest absolute Gasteiger partial charge is 0.172 e. The molecule has 1 aromatic rings. The first kappa shape index (κ1) is 9.10. The Morgan fingerprint density at radius 1 is 1.44 bits per heavy atom. The molecule has 1 rings (SSSR count). The Kier molecular flexibility index (Phi) is 8.19. The van der Waals surface area contributed by atoms with E-state index < -0.39 is 16.0 Å². The van der Waals surface area contributed by atoms with Crippen LogP contribution in [0.5, 0.6) is 0 Å². The van der Waals surface area contributed by atoms with Gasteiger partial charge in [0.15, 0.2) is 0 Å². The number of hydrogen-bond donors (Lipinski definition) is 0. The Bertz CT molecular complexity index is 148. The van der Waals surface area contributed by atoms with Crippen LogP contribution in [-0.2, 0) is 20.8 Å². The largest absolute Gasteiger partial charge is 0.214 e. The van der Waals surface area contributed by atoms with Crippen LogP contribution in [0.1, 0.15) is 0 Å². The van der Waals surface area contributed by atoms with Gasteiger partial charge >= 0.3 is 38.4 Å². The molecule has 0 aromatic heterocycles. The second kappa shape index (κ2) is 8.10. The van der Waals surface area contributed by atoms with Crippen LogP contribution >= 0.6 is 13.3 Å². The summed E-state index contributed by atoms with van der Waals surface area (Å²) in [6.45, 7) is 0. The predicted octanol–water partition coefficient (Wildman–Crippen LogP) is 1.85. The van der Waals surface area contributed by atoms with E-state index in [9.17, 15) is 0 Å². The van der Waals surface area contributed by atoms with Crippen LogP contribution in [0.2, 0.25) is 0 Å². The van der Waals surface area contributed by atoms with Crippen LogP contribution in [0.3, 0.4) is 0 Å². The van der Waals surface area contributed by atoms with Gasteiger partial charge in [-0.05, 0) is 0 Å². The first-order valence-corrected chi connectivity index (χ1v) is 7.82. The molecule has 0 atom stereocenters. The summed E-state index contributed by atoms with van der Waals surface area (Å²) >= 11 is 2.44. The molecule has 1 aromatic carbocycles. The van der Waals surface area contributed by atoms with Gasteiger partial charge in [-0.2, -0.15) is 18.2 Å². The molecule has 3 heteroatoms. The maximum Gasteiger partial charge on any atom is -0.172 e. The van der Waals surface area contributed by atoms with Crippen LogP contribution in [0, 0.1) is 0 Å². The van der Waals surface area contributed by atoms with Gasteiger partial charge in [-0.15, -0.1) is 0 Å². The molecule has 0 heterocycles. The number of halogens is 1. The summed E-state index contributed by atoms with van der Waals surface area (Å²) in [5, 5.41) is 0. The van der Waals surface area contributed by atoms with Crippen molar-refractivity contribution in [1.29, 1.82) is 0 Å². The summed E-state index contributed by atoms with van der Waals surface area (Å²) in [5.41, 5.74) is 0. The van der Waals surface area contributed by atoms with Crippen LogP contribution in [0.15, 0.2) is 30.3 Å². The number of carbonyl (C=O) groups excluding carboxylic acids is 1. The molecule has 0 radical (unpaired) electrons. The van der Waals surface area contributed by atoms with Gasteiger partial charge in [0.1, 0.15) is 0 Å². The van der Waals surface area contributed by atoms with Crippen molar-refractivity contribution < 1.29 is 20.8 Å². The summed E-state index contributed by atoms with van der Waals surface area (Å²) in [6, 6.07) is 10.0. The van der Waals surface area contributed by atoms with Gasteiger partial charge in [-0.25, -0.2) is 12.1 Å². The second-order valence-corrected chi connectivity index (χ2v) is 3.83. The van der Waals surface area contributed by atoms with Crippen LogP contribution in [-0.4, -0.2) is 4.27 Å². The van der Waals surface area contributed by atoms with Gasteiger partial charge in [0, 0.05) is 0 Å². The third-order valence-corrected chi connectivity index (χ3v) is 1.52. The van der Waals surface area contributed by atoms with Gasteiger partial charge in [0.25, 0.3) is 0 Å². The third kappa shape index (κ3) is 8.10. The van der Waals surface area contributed by atoms with Gasteiger partial charge in [-0.1, -0.05) is 0 Å². The maximum atomic E-state index is 9.06. The van der Waals surface area contributed by atoms with Crippen molar-refractivity contribution in [2.75, 3.05) is 0 Å². The molecule has 0 aliphatic carbocycles. The fourth-order valence-corrected chi connectivity index (χ4v) is 0.321. The van der Waals surface area contributed by atoms with Crippen LogP contribution in [0.4, 0.5) is 0 Å². The maximum absolute atomic E-state index is 9.06. The first-order chi connectivity index (χ1) is 4.41. The van der Waals surface area contributed by atoms with Crippen molar-refractivity contribution in [1.82, 2.24) is 0 Å². The SMILES string of the molecule is O=[C]=[Mo][Br].c1cc[cH-]c1. The molecular formula is C6H5BrMoO-. The van der Waals surface area contributed by atoms with E-state index in [0.717, 1.165) is 0 Å². The minimum Gasteiger partial charge on any atom is -0.214 e. The first-order valence-electron chi connectivity index (χ1n) is 2.23. The molecule has 0 spiro atoms. The monoisotopic (exact) mass is 270 g/mol. The van der Waals surface area contributed by atoms with Crippen molar-refractivity contribution in [3.8, 4) is 0 Å². The van der Waals surface area contributed by atoms with Crippen molar-refractivity contribution in [3.63, 3.8) is 0 Å². The molecule has 0 saturated carbocycles. The van der Waals surface area contributed by atoms with Crippen molar-refractivity contribution in [3.05, 3.63) is 30.3 Å². The molecule has 0 fully saturated rings. The quantitative estimate of drug-likeness (QED) is 0.519. The fraction of sp³-hybridized carbons (Fsp3) is 0. The summed E-state index contributed by atoms with van der Waals surface area (Å²) in [6.07, 6.45) is 0. The molecule has 49 valence electrons. The fourth-order valence-electron chi connectivity index (χ4n) is 0.321. The van der Waals surface area contributed by atoms with E-state index >= 15 is 0 Å². The Balaban J connectivity index is 0.000000148. The van der Waals surface area contributed by atoms with Gasteiger partial charge in [-0.3, -0.25) is 0 Å². The van der Waals surface area contributed by atoms with Crippen molar-refractivity contribution >= 4 is 17.6 Å². The standard InChI is InChI=1S/C5H5.CO.BrH.Mo/c1-2-4-5-3-1;1-2;;/h1-5H;;1H;/q-1;;;+1/p-1. The summed E-state index contributed by atoms with van der Waals surface area (Å²) < 4.78 is 1.73. The van der Waals surface area contributed by atoms with E-state index in [2.05, 4.69) is 13.3 Å². The van der Waals surface area contributed by atoms with Crippen molar-refractivity contribution in [2.24, 2.45) is 0 Å². The van der Waals surface area contributed by atoms with Crippen LogP contribution in [0.25, 0.3) is 0 Å². The molecular weight excluding hydrogens is 264 g/mol. The molecule has 0 unspecified atom stereocenters. The molecule has 9 heavy (non-hydrogen) atoms. The topological polar surface area (TPSA) is 17.1 Å². The van der Waals surface area contributed by atoms with Gasteiger partial charge in [0.2, 0.25) is 0 Å². The van der Waals surface area contributed by atoms with E-state index in [4.69, 9.17) is 4.79 Å². The molecule has 0 bridgehead atoms. The average Bonchev–Trinajstić information content (AvgIpc) is 2.43. The Labute approximate surface area is 68.6 Å². The molecule has 1 nitrogen and oxygen atoms in total. The van der Waals surface area contributed by atoms with Gasteiger partial charge in [0.05, 0.1) is 0 Å². The molecule has 0 amide bonds. The van der Waals surface area contributed by atoms with E-state index in [1.165, 1.54) is 0 Å².